The van der Waals surface area contributed by atoms with E-state index in [0.29, 0.717) is 57.7 Å². The van der Waals surface area contributed by atoms with E-state index in [2.05, 4.69) is 32.1 Å². The Hall–Kier alpha value is -4.17. The summed E-state index contributed by atoms with van der Waals surface area (Å²) in [6, 6.07) is 5.53. The Morgan fingerprint density at radius 3 is 2.51 bits per heavy atom. The average Bonchev–Trinajstić information content (AvgIpc) is 3.56. The van der Waals surface area contributed by atoms with Crippen LogP contribution in [0.5, 0.6) is 6.01 Å². The standard InChI is InChI=1S/C28H29ClF4N6O3.C6H12FN.C2H3N/c1-17-16-37(13-14-42-17)8-4-7-21(40)38-9-11-39(12-10-38)26-19-15-34-24(23(30)25(19)35-27(36-26)41-2)18-5-3-6-20(29)22(18)28(31,32)33;1-2-6-3-5(7)4-8-6;1-2-3/h3-7,15,17H,8-14,16H2,1-2H3;5-6,8H,2-4H2,1H3;1H3/b7-4+;;. The van der Waals surface area contributed by atoms with Gasteiger partial charge in [-0.2, -0.15) is 28.4 Å². The van der Waals surface area contributed by atoms with Gasteiger partial charge in [0.25, 0.3) is 0 Å². The predicted octanol–water partition coefficient (Wildman–Crippen LogP) is 6.06. The fourth-order valence-electron chi connectivity index (χ4n) is 6.24. The Kier molecular flexibility index (Phi) is 15.1. The van der Waals surface area contributed by atoms with Gasteiger partial charge >= 0.3 is 12.2 Å². The van der Waals surface area contributed by atoms with E-state index in [4.69, 9.17) is 26.3 Å². The zero-order chi connectivity index (χ0) is 38.7. The first-order chi connectivity index (χ1) is 25.3. The Morgan fingerprint density at radius 2 is 1.92 bits per heavy atom. The molecule has 0 bridgehead atoms. The van der Waals surface area contributed by atoms with E-state index in [0.717, 1.165) is 38.1 Å². The van der Waals surface area contributed by atoms with Crippen molar-refractivity contribution in [2.24, 2.45) is 0 Å². The minimum absolute atomic E-state index is 0.111. The lowest BCUT2D eigenvalue weighted by molar-refractivity contribution is -0.137. The number of anilines is 1. The molecule has 17 heteroatoms. The normalized spacial score (nSPS) is 20.7. The highest BCUT2D eigenvalue weighted by molar-refractivity contribution is 6.31. The number of benzene rings is 1. The van der Waals surface area contributed by atoms with Gasteiger partial charge < -0.3 is 24.6 Å². The van der Waals surface area contributed by atoms with E-state index in [9.17, 15) is 22.4 Å². The largest absolute Gasteiger partial charge is 0.467 e. The number of aromatic nitrogens is 3. The molecule has 2 aromatic heterocycles. The van der Waals surface area contributed by atoms with Crippen LogP contribution in [0.2, 0.25) is 5.02 Å². The van der Waals surface area contributed by atoms with E-state index < -0.39 is 40.0 Å². The number of nitriles is 1. The molecule has 1 N–H and O–H groups in total. The number of alkyl halides is 4. The number of methoxy groups -OCH3 is 1. The maximum absolute atomic E-state index is 15.9. The number of amides is 1. The van der Waals surface area contributed by atoms with Crippen LogP contribution in [-0.4, -0.2) is 115 Å². The van der Waals surface area contributed by atoms with Crippen LogP contribution in [0.3, 0.4) is 0 Å². The van der Waals surface area contributed by atoms with Gasteiger partial charge in [-0.15, -0.1) is 0 Å². The monoisotopic (exact) mass is 766 g/mol. The van der Waals surface area contributed by atoms with Crippen molar-refractivity contribution in [3.8, 4) is 23.3 Å². The first-order valence-electron chi connectivity index (χ1n) is 17.3. The molecule has 3 aromatic rings. The second-order valence-corrected chi connectivity index (χ2v) is 13.0. The van der Waals surface area contributed by atoms with E-state index in [1.54, 1.807) is 17.0 Å². The van der Waals surface area contributed by atoms with Gasteiger partial charge in [0.1, 0.15) is 23.2 Å². The molecule has 0 spiro atoms. The van der Waals surface area contributed by atoms with Crippen LogP contribution in [0.25, 0.3) is 22.2 Å². The zero-order valence-electron chi connectivity index (χ0n) is 30.1. The molecule has 3 aliphatic heterocycles. The number of ether oxygens (including phenoxy) is 2. The summed E-state index contributed by atoms with van der Waals surface area (Å²) < 4.78 is 80.3. The molecule has 3 aliphatic rings. The number of pyridine rings is 1. The first-order valence-corrected chi connectivity index (χ1v) is 17.7. The van der Waals surface area contributed by atoms with Crippen LogP contribution in [0, 0.1) is 17.1 Å². The quantitative estimate of drug-likeness (QED) is 0.225. The first kappa shape index (κ1) is 41.6. The number of hydrogen-bond acceptors (Lipinski definition) is 10. The Bertz CT molecular complexity index is 1770. The summed E-state index contributed by atoms with van der Waals surface area (Å²) in [4.78, 5) is 31.1. The molecule has 0 saturated carbocycles. The Balaban J connectivity index is 0.000000493. The van der Waals surface area contributed by atoms with Gasteiger partial charge in [0, 0.05) is 83.2 Å². The van der Waals surface area contributed by atoms with Crippen LogP contribution in [0.15, 0.2) is 36.5 Å². The zero-order valence-corrected chi connectivity index (χ0v) is 30.9. The van der Waals surface area contributed by atoms with Gasteiger partial charge in [0.2, 0.25) is 5.91 Å². The third-order valence-corrected chi connectivity index (χ3v) is 9.19. The van der Waals surface area contributed by atoms with Crippen molar-refractivity contribution < 1.29 is 36.2 Å². The summed E-state index contributed by atoms with van der Waals surface area (Å²) in [6.45, 7) is 10.6. The van der Waals surface area contributed by atoms with Gasteiger partial charge in [-0.05, 0) is 25.8 Å². The maximum Gasteiger partial charge on any atom is 0.418 e. The van der Waals surface area contributed by atoms with Crippen molar-refractivity contribution >= 4 is 34.2 Å². The van der Waals surface area contributed by atoms with Gasteiger partial charge in [0.15, 0.2) is 5.82 Å². The van der Waals surface area contributed by atoms with Crippen molar-refractivity contribution in [1.29, 1.82) is 5.26 Å². The number of nitrogens with zero attached hydrogens (tertiary/aromatic N) is 7. The lowest BCUT2D eigenvalue weighted by atomic mass is 10.0. The molecule has 6 rings (SSSR count). The number of halogens is 6. The summed E-state index contributed by atoms with van der Waals surface area (Å²) in [6.07, 6.45) is 1.19. The number of nitrogens with one attached hydrogen (secondary N) is 1. The summed E-state index contributed by atoms with van der Waals surface area (Å²) in [5, 5.41) is 10.0. The molecule has 3 atom stereocenters. The lowest BCUT2D eigenvalue weighted by Crippen LogP contribution is -2.48. The molecule has 1 amide bonds. The van der Waals surface area contributed by atoms with Crippen LogP contribution in [0.4, 0.5) is 27.8 Å². The van der Waals surface area contributed by atoms with Crippen molar-refractivity contribution in [2.75, 3.05) is 71.0 Å². The molecule has 1 aromatic carbocycles. The highest BCUT2D eigenvalue weighted by Crippen LogP contribution is 2.42. The molecular formula is C36H44ClF5N8O3. The van der Waals surface area contributed by atoms with E-state index in [-0.39, 0.29) is 28.9 Å². The molecular weight excluding hydrogens is 723 g/mol. The Labute approximate surface area is 310 Å². The van der Waals surface area contributed by atoms with Gasteiger partial charge in [-0.25, -0.2) is 8.78 Å². The minimum Gasteiger partial charge on any atom is -0.467 e. The SMILES string of the molecule is CC#N.CCC1CC(F)CN1.COc1nc(N2CCN(C(=O)/C=C/CN3CCOC(C)C3)CC2)c2cnc(-c3cccc(Cl)c3C(F)(F)F)c(F)c2n1. The summed E-state index contributed by atoms with van der Waals surface area (Å²) >= 11 is 5.85. The van der Waals surface area contributed by atoms with E-state index in [1.165, 1.54) is 26.3 Å². The molecule has 0 radical (unpaired) electrons. The highest BCUT2D eigenvalue weighted by atomic mass is 35.5. The van der Waals surface area contributed by atoms with Crippen LogP contribution < -0.4 is 15.0 Å². The highest BCUT2D eigenvalue weighted by Gasteiger charge is 2.37. The smallest absolute Gasteiger partial charge is 0.418 e. The molecule has 3 fully saturated rings. The van der Waals surface area contributed by atoms with Crippen molar-refractivity contribution in [3.05, 3.63) is 53.0 Å². The molecule has 288 valence electrons. The number of carbonyl (C=O) groups excluding carboxylic acids is 1. The van der Waals surface area contributed by atoms with Gasteiger partial charge in [-0.3, -0.25) is 14.7 Å². The summed E-state index contributed by atoms with van der Waals surface area (Å²) in [5.41, 5.74) is -2.48. The molecule has 5 heterocycles. The predicted molar refractivity (Wildman–Crippen MR) is 192 cm³/mol. The number of rotatable bonds is 7. The van der Waals surface area contributed by atoms with Crippen molar-refractivity contribution in [2.45, 2.75) is 58.1 Å². The molecule has 0 aliphatic carbocycles. The maximum atomic E-state index is 15.9. The second-order valence-electron chi connectivity index (χ2n) is 12.6. The number of hydrogen-bond donors (Lipinski definition) is 1. The van der Waals surface area contributed by atoms with Gasteiger partial charge in [-0.1, -0.05) is 36.7 Å². The molecule has 3 unspecified atom stereocenters. The number of morpholine rings is 1. The lowest BCUT2D eigenvalue weighted by Gasteiger charge is -2.35. The minimum atomic E-state index is -4.83. The molecule has 11 nitrogen and oxygen atoms in total. The van der Waals surface area contributed by atoms with Crippen molar-refractivity contribution in [1.82, 2.24) is 30.1 Å². The third-order valence-electron chi connectivity index (χ3n) is 8.88. The summed E-state index contributed by atoms with van der Waals surface area (Å²) in [5.74, 6) is -0.864. The van der Waals surface area contributed by atoms with Gasteiger partial charge in [0.05, 0.1) is 41.9 Å². The van der Waals surface area contributed by atoms with Crippen LogP contribution in [-0.2, 0) is 15.7 Å². The average molecular weight is 767 g/mol. The number of piperazine rings is 1. The number of fused-ring (bicyclic) bond motifs is 1. The second kappa shape index (κ2) is 19.2. The Morgan fingerprint density at radius 1 is 1.21 bits per heavy atom. The van der Waals surface area contributed by atoms with E-state index >= 15 is 4.39 Å². The third kappa shape index (κ3) is 10.9. The fourth-order valence-corrected chi connectivity index (χ4v) is 6.52. The van der Waals surface area contributed by atoms with Crippen LogP contribution in [0.1, 0.15) is 39.2 Å². The number of carbonyl (C=O) groups is 1. The molecule has 3 saturated heterocycles. The fraction of sp³-hybridized carbons (Fsp3) is 0.528. The topological polar surface area (TPSA) is 120 Å². The van der Waals surface area contributed by atoms with Crippen molar-refractivity contribution in [3.63, 3.8) is 0 Å². The molecule has 53 heavy (non-hydrogen) atoms. The van der Waals surface area contributed by atoms with E-state index in [1.807, 2.05) is 17.9 Å². The summed E-state index contributed by atoms with van der Waals surface area (Å²) in [7, 11) is 1.31. The van der Waals surface area contributed by atoms with Crippen LogP contribution >= 0.6 is 11.6 Å².